The summed E-state index contributed by atoms with van der Waals surface area (Å²) in [6.07, 6.45) is 0.942. The van der Waals surface area contributed by atoms with Gasteiger partial charge in [0, 0.05) is 24.5 Å². The Kier molecular flexibility index (Phi) is 4.39. The van der Waals surface area contributed by atoms with E-state index in [4.69, 9.17) is 0 Å². The number of hydrogen-bond acceptors (Lipinski definition) is 5. The Balaban J connectivity index is 1.59. The quantitative estimate of drug-likeness (QED) is 0.728. The minimum atomic E-state index is -0.530. The first-order chi connectivity index (χ1) is 12.9. The van der Waals surface area contributed by atoms with Crippen LogP contribution in [0.1, 0.15) is 34.4 Å². The van der Waals surface area contributed by atoms with Crippen LogP contribution in [0.2, 0.25) is 0 Å². The normalized spacial score (nSPS) is 15.4. The predicted octanol–water partition coefficient (Wildman–Crippen LogP) is 2.07. The maximum Gasteiger partial charge on any atom is 0.329 e. The summed E-state index contributed by atoms with van der Waals surface area (Å²) in [5.74, 6) is -0.670. The van der Waals surface area contributed by atoms with Crippen LogP contribution in [0.3, 0.4) is 0 Å². The Morgan fingerprint density at radius 2 is 2.04 bits per heavy atom. The number of aromatic nitrogens is 3. The predicted molar refractivity (Wildman–Crippen MR) is 99.8 cm³/mol. The van der Waals surface area contributed by atoms with Gasteiger partial charge in [-0.1, -0.05) is 0 Å². The summed E-state index contributed by atoms with van der Waals surface area (Å²) < 4.78 is 14.7. The summed E-state index contributed by atoms with van der Waals surface area (Å²) in [5, 5.41) is 2.71. The van der Waals surface area contributed by atoms with Gasteiger partial charge in [0.25, 0.3) is 11.5 Å². The number of likely N-dealkylation sites (tertiary alicyclic amines) is 1. The van der Waals surface area contributed by atoms with Gasteiger partial charge in [-0.3, -0.25) is 14.2 Å². The van der Waals surface area contributed by atoms with Crippen LogP contribution in [0.15, 0.2) is 33.2 Å². The summed E-state index contributed by atoms with van der Waals surface area (Å²) in [5.41, 5.74) is -0.284. The third kappa shape index (κ3) is 3.18. The number of amides is 1. The van der Waals surface area contributed by atoms with Crippen molar-refractivity contribution in [3.8, 4) is 0 Å². The SMILES string of the molecule is Cc1nc(C(=O)N2CCC(n3c(=O)[nH]c4ccc(F)cc4c3=O)CC2)cs1. The lowest BCUT2D eigenvalue weighted by Gasteiger charge is -2.32. The van der Waals surface area contributed by atoms with Crippen molar-refractivity contribution in [2.45, 2.75) is 25.8 Å². The molecule has 9 heteroatoms. The third-order valence-electron chi connectivity index (χ3n) is 4.85. The topological polar surface area (TPSA) is 88.1 Å². The van der Waals surface area contributed by atoms with Crippen LogP contribution in [-0.2, 0) is 0 Å². The number of fused-ring (bicyclic) bond motifs is 1. The molecule has 0 spiro atoms. The van der Waals surface area contributed by atoms with E-state index in [0.717, 1.165) is 15.6 Å². The van der Waals surface area contributed by atoms with Crippen LogP contribution in [0.25, 0.3) is 10.9 Å². The molecule has 27 heavy (non-hydrogen) atoms. The molecule has 0 aliphatic carbocycles. The first-order valence-electron chi connectivity index (χ1n) is 8.59. The molecule has 3 aromatic rings. The Bertz CT molecular complexity index is 1140. The van der Waals surface area contributed by atoms with E-state index in [2.05, 4.69) is 9.97 Å². The molecular formula is C18H17FN4O3S. The van der Waals surface area contributed by atoms with Gasteiger partial charge in [-0.2, -0.15) is 0 Å². The van der Waals surface area contributed by atoms with Crippen molar-refractivity contribution in [1.82, 2.24) is 19.4 Å². The Morgan fingerprint density at radius 3 is 2.70 bits per heavy atom. The zero-order valence-corrected chi connectivity index (χ0v) is 15.4. The van der Waals surface area contributed by atoms with Crippen molar-refractivity contribution < 1.29 is 9.18 Å². The van der Waals surface area contributed by atoms with Crippen molar-refractivity contribution in [1.29, 1.82) is 0 Å². The summed E-state index contributed by atoms with van der Waals surface area (Å²) in [6, 6.07) is 3.38. The van der Waals surface area contributed by atoms with Crippen molar-refractivity contribution >= 4 is 28.1 Å². The first-order valence-corrected chi connectivity index (χ1v) is 9.47. The third-order valence-corrected chi connectivity index (χ3v) is 5.62. The van der Waals surface area contributed by atoms with E-state index in [1.54, 1.807) is 10.3 Å². The molecule has 0 atom stereocenters. The highest BCUT2D eigenvalue weighted by atomic mass is 32.1. The molecule has 1 aromatic carbocycles. The molecule has 1 aliphatic rings. The lowest BCUT2D eigenvalue weighted by molar-refractivity contribution is 0.0686. The molecule has 1 aliphatic heterocycles. The summed E-state index contributed by atoms with van der Waals surface area (Å²) in [7, 11) is 0. The number of H-pyrrole nitrogens is 1. The van der Waals surface area contributed by atoms with Gasteiger partial charge >= 0.3 is 5.69 Å². The number of halogens is 1. The minimum absolute atomic E-state index is 0.139. The molecule has 1 fully saturated rings. The zero-order valence-electron chi connectivity index (χ0n) is 14.6. The lowest BCUT2D eigenvalue weighted by atomic mass is 10.0. The molecule has 140 valence electrons. The van der Waals surface area contributed by atoms with Gasteiger partial charge in [0.15, 0.2) is 0 Å². The number of carbonyl (C=O) groups excluding carboxylic acids is 1. The molecule has 1 N–H and O–H groups in total. The van der Waals surface area contributed by atoms with Gasteiger partial charge in [0.2, 0.25) is 0 Å². The molecule has 0 radical (unpaired) electrons. The monoisotopic (exact) mass is 388 g/mol. The molecule has 0 unspecified atom stereocenters. The fraction of sp³-hybridized carbons (Fsp3) is 0.333. The number of aromatic amines is 1. The average molecular weight is 388 g/mol. The Labute approximate surface area is 157 Å². The van der Waals surface area contributed by atoms with E-state index in [9.17, 15) is 18.8 Å². The smallest absolute Gasteiger partial charge is 0.329 e. The number of piperidine rings is 1. The fourth-order valence-electron chi connectivity index (χ4n) is 3.48. The standard InChI is InChI=1S/C18H17FN4O3S/c1-10-20-15(9-27-10)17(25)22-6-4-12(5-7-22)23-16(24)13-8-11(19)2-3-14(13)21-18(23)26/h2-3,8-9,12H,4-7H2,1H3,(H,21,26). The van der Waals surface area contributed by atoms with E-state index in [-0.39, 0.29) is 17.3 Å². The van der Waals surface area contributed by atoms with Crippen LogP contribution < -0.4 is 11.2 Å². The van der Waals surface area contributed by atoms with Crippen LogP contribution in [0.5, 0.6) is 0 Å². The number of aryl methyl sites for hydroxylation is 1. The van der Waals surface area contributed by atoms with Crippen LogP contribution in [0.4, 0.5) is 4.39 Å². The molecular weight excluding hydrogens is 371 g/mol. The number of nitrogens with one attached hydrogen (secondary N) is 1. The molecule has 7 nitrogen and oxygen atoms in total. The van der Waals surface area contributed by atoms with Gasteiger partial charge < -0.3 is 9.88 Å². The minimum Gasteiger partial charge on any atom is -0.337 e. The molecule has 1 amide bonds. The average Bonchev–Trinajstić information content (AvgIpc) is 3.09. The highest BCUT2D eigenvalue weighted by Gasteiger charge is 2.27. The number of rotatable bonds is 2. The molecule has 0 bridgehead atoms. The van der Waals surface area contributed by atoms with Gasteiger partial charge in [-0.05, 0) is 38.0 Å². The number of carbonyl (C=O) groups is 1. The van der Waals surface area contributed by atoms with Gasteiger partial charge in [0.1, 0.15) is 11.5 Å². The second-order valence-electron chi connectivity index (χ2n) is 6.57. The van der Waals surface area contributed by atoms with Crippen LogP contribution in [-0.4, -0.2) is 38.4 Å². The zero-order chi connectivity index (χ0) is 19.1. The summed E-state index contributed by atoms with van der Waals surface area (Å²) in [4.78, 5) is 46.2. The van der Waals surface area contributed by atoms with Gasteiger partial charge in [-0.15, -0.1) is 11.3 Å². The Hall–Kier alpha value is -2.81. The van der Waals surface area contributed by atoms with Crippen molar-refractivity contribution in [2.75, 3.05) is 13.1 Å². The van der Waals surface area contributed by atoms with E-state index in [0.29, 0.717) is 37.1 Å². The number of nitrogens with zero attached hydrogens (tertiary/aromatic N) is 3. The van der Waals surface area contributed by atoms with Crippen molar-refractivity contribution in [3.05, 3.63) is 60.9 Å². The van der Waals surface area contributed by atoms with E-state index >= 15 is 0 Å². The van der Waals surface area contributed by atoms with Crippen LogP contribution >= 0.6 is 11.3 Å². The Morgan fingerprint density at radius 1 is 1.30 bits per heavy atom. The summed E-state index contributed by atoms with van der Waals surface area (Å²) >= 11 is 1.42. The molecule has 1 saturated heterocycles. The van der Waals surface area contributed by atoms with Crippen molar-refractivity contribution in [3.63, 3.8) is 0 Å². The number of hydrogen-bond donors (Lipinski definition) is 1. The number of thiazole rings is 1. The lowest BCUT2D eigenvalue weighted by Crippen LogP contribution is -2.45. The molecule has 0 saturated carbocycles. The second kappa shape index (κ2) is 6.73. The molecule has 2 aromatic heterocycles. The summed E-state index contributed by atoms with van der Waals surface area (Å²) in [6.45, 7) is 2.69. The van der Waals surface area contributed by atoms with E-state index in [1.807, 2.05) is 6.92 Å². The fourth-order valence-corrected chi connectivity index (χ4v) is 4.07. The van der Waals surface area contributed by atoms with Gasteiger partial charge in [0.05, 0.1) is 15.9 Å². The van der Waals surface area contributed by atoms with Crippen molar-refractivity contribution in [2.24, 2.45) is 0 Å². The highest BCUT2D eigenvalue weighted by molar-refractivity contribution is 7.09. The van der Waals surface area contributed by atoms with E-state index in [1.165, 1.54) is 23.5 Å². The first kappa shape index (κ1) is 17.6. The van der Waals surface area contributed by atoms with Gasteiger partial charge in [-0.25, -0.2) is 14.2 Å². The van der Waals surface area contributed by atoms with Crippen LogP contribution in [0, 0.1) is 12.7 Å². The molecule has 3 heterocycles. The highest BCUT2D eigenvalue weighted by Crippen LogP contribution is 2.22. The number of benzene rings is 1. The molecule has 4 rings (SSSR count). The second-order valence-corrected chi connectivity index (χ2v) is 7.63. The maximum absolute atomic E-state index is 13.5. The van der Waals surface area contributed by atoms with E-state index < -0.39 is 17.1 Å². The maximum atomic E-state index is 13.5. The largest absolute Gasteiger partial charge is 0.337 e.